The highest BCUT2D eigenvalue weighted by molar-refractivity contribution is 6.04. The number of amides is 1. The Hall–Kier alpha value is -2.96. The first-order valence-corrected chi connectivity index (χ1v) is 8.34. The molecule has 1 aliphatic carbocycles. The lowest BCUT2D eigenvalue weighted by Gasteiger charge is -2.30. The van der Waals surface area contributed by atoms with E-state index >= 15 is 0 Å². The molecular formula is C18H18N4O3. The van der Waals surface area contributed by atoms with E-state index in [2.05, 4.69) is 20.2 Å². The van der Waals surface area contributed by atoms with Gasteiger partial charge in [-0.05, 0) is 37.3 Å². The van der Waals surface area contributed by atoms with Crippen LogP contribution in [0.25, 0.3) is 0 Å². The number of carboxylic acids is 1. The molecule has 1 saturated heterocycles. The number of rotatable bonds is 4. The SMILES string of the molecule is O=C(O)c1cnc(C(=O)Nc2ccccc2N2CC3CCC2C3)cn1. The Bertz CT molecular complexity index is 821. The van der Waals surface area contributed by atoms with Crippen molar-refractivity contribution in [3.05, 3.63) is 48.0 Å². The summed E-state index contributed by atoms with van der Waals surface area (Å²) in [4.78, 5) is 33.3. The van der Waals surface area contributed by atoms with Crippen molar-refractivity contribution in [2.75, 3.05) is 16.8 Å². The number of carbonyl (C=O) groups excluding carboxylic acids is 1. The van der Waals surface area contributed by atoms with Crippen LogP contribution in [0, 0.1) is 5.92 Å². The third-order valence-corrected chi connectivity index (χ3v) is 4.97. The molecule has 2 aliphatic rings. The van der Waals surface area contributed by atoms with Gasteiger partial charge in [0.1, 0.15) is 5.69 Å². The summed E-state index contributed by atoms with van der Waals surface area (Å²) in [5.41, 5.74) is 1.66. The number of nitrogens with zero attached hydrogens (tertiary/aromatic N) is 3. The minimum atomic E-state index is -1.17. The van der Waals surface area contributed by atoms with E-state index in [1.165, 1.54) is 25.5 Å². The summed E-state index contributed by atoms with van der Waals surface area (Å²) in [7, 11) is 0. The molecule has 128 valence electrons. The van der Waals surface area contributed by atoms with Crippen molar-refractivity contribution in [1.29, 1.82) is 0 Å². The van der Waals surface area contributed by atoms with Gasteiger partial charge < -0.3 is 15.3 Å². The second kappa shape index (κ2) is 6.16. The lowest BCUT2D eigenvalue weighted by Crippen LogP contribution is -2.32. The van der Waals surface area contributed by atoms with E-state index in [9.17, 15) is 9.59 Å². The average Bonchev–Trinajstić information content (AvgIpc) is 3.25. The third-order valence-electron chi connectivity index (χ3n) is 4.97. The predicted molar refractivity (Wildman–Crippen MR) is 91.9 cm³/mol. The Morgan fingerprint density at radius 2 is 1.88 bits per heavy atom. The first-order valence-electron chi connectivity index (χ1n) is 8.34. The van der Waals surface area contributed by atoms with Crippen molar-refractivity contribution >= 4 is 23.3 Å². The van der Waals surface area contributed by atoms with Gasteiger partial charge in [-0.2, -0.15) is 0 Å². The van der Waals surface area contributed by atoms with Gasteiger partial charge in [-0.3, -0.25) is 4.79 Å². The molecule has 2 unspecified atom stereocenters. The number of aromatic carboxylic acids is 1. The number of hydrogen-bond acceptors (Lipinski definition) is 5. The zero-order valence-corrected chi connectivity index (χ0v) is 13.6. The molecule has 0 spiro atoms. The van der Waals surface area contributed by atoms with Crippen LogP contribution in [-0.2, 0) is 0 Å². The van der Waals surface area contributed by atoms with Gasteiger partial charge in [0, 0.05) is 12.6 Å². The van der Waals surface area contributed by atoms with Crippen molar-refractivity contribution < 1.29 is 14.7 Å². The summed E-state index contributed by atoms with van der Waals surface area (Å²) in [5, 5.41) is 11.7. The molecule has 2 N–H and O–H groups in total. The molecule has 2 heterocycles. The summed E-state index contributed by atoms with van der Waals surface area (Å²) in [6.07, 6.45) is 5.99. The summed E-state index contributed by atoms with van der Waals surface area (Å²) in [6.45, 7) is 1.03. The predicted octanol–water partition coefficient (Wildman–Crippen LogP) is 2.42. The van der Waals surface area contributed by atoms with Gasteiger partial charge in [-0.25, -0.2) is 14.8 Å². The molecule has 25 heavy (non-hydrogen) atoms. The lowest BCUT2D eigenvalue weighted by molar-refractivity contribution is 0.0689. The van der Waals surface area contributed by atoms with E-state index in [1.807, 2.05) is 24.3 Å². The molecule has 0 radical (unpaired) electrons. The number of nitrogens with one attached hydrogen (secondary N) is 1. The fourth-order valence-electron chi connectivity index (χ4n) is 3.79. The largest absolute Gasteiger partial charge is 0.476 e. The second-order valence-corrected chi connectivity index (χ2v) is 6.55. The van der Waals surface area contributed by atoms with Gasteiger partial charge in [0.15, 0.2) is 5.69 Å². The Kier molecular flexibility index (Phi) is 3.83. The van der Waals surface area contributed by atoms with Crippen molar-refractivity contribution in [1.82, 2.24) is 9.97 Å². The van der Waals surface area contributed by atoms with Gasteiger partial charge in [0.25, 0.3) is 5.91 Å². The topological polar surface area (TPSA) is 95.4 Å². The fourth-order valence-corrected chi connectivity index (χ4v) is 3.79. The molecule has 2 fully saturated rings. The molecule has 7 nitrogen and oxygen atoms in total. The highest BCUT2D eigenvalue weighted by Crippen LogP contribution is 2.42. The Morgan fingerprint density at radius 1 is 1.12 bits per heavy atom. The molecule has 1 aromatic carbocycles. The van der Waals surface area contributed by atoms with E-state index in [1.54, 1.807) is 0 Å². The van der Waals surface area contributed by atoms with Gasteiger partial charge >= 0.3 is 5.97 Å². The molecular weight excluding hydrogens is 320 g/mol. The monoisotopic (exact) mass is 338 g/mol. The minimum Gasteiger partial charge on any atom is -0.476 e. The van der Waals surface area contributed by atoms with Crippen LogP contribution in [0.3, 0.4) is 0 Å². The maximum Gasteiger partial charge on any atom is 0.356 e. The highest BCUT2D eigenvalue weighted by atomic mass is 16.4. The Labute approximate surface area is 144 Å². The normalized spacial score (nSPS) is 21.4. The second-order valence-electron chi connectivity index (χ2n) is 6.55. The molecule has 1 amide bonds. The lowest BCUT2D eigenvalue weighted by atomic mass is 10.1. The number of carbonyl (C=O) groups is 2. The van der Waals surface area contributed by atoms with E-state index in [0.29, 0.717) is 6.04 Å². The van der Waals surface area contributed by atoms with Crippen molar-refractivity contribution in [3.8, 4) is 0 Å². The first-order chi connectivity index (χ1) is 12.1. The van der Waals surface area contributed by atoms with Crippen LogP contribution in [0.15, 0.2) is 36.7 Å². The molecule has 2 aromatic rings. The van der Waals surface area contributed by atoms with Crippen LogP contribution in [0.2, 0.25) is 0 Å². The van der Waals surface area contributed by atoms with E-state index in [-0.39, 0.29) is 11.4 Å². The first kappa shape index (κ1) is 15.6. The maximum absolute atomic E-state index is 12.4. The zero-order chi connectivity index (χ0) is 17.4. The quantitative estimate of drug-likeness (QED) is 0.889. The highest BCUT2D eigenvalue weighted by Gasteiger charge is 2.38. The van der Waals surface area contributed by atoms with Gasteiger partial charge in [0.2, 0.25) is 0 Å². The molecule has 1 aromatic heterocycles. The Balaban J connectivity index is 1.54. The summed E-state index contributed by atoms with van der Waals surface area (Å²) < 4.78 is 0. The fraction of sp³-hybridized carbons (Fsp3) is 0.333. The molecule has 4 rings (SSSR count). The number of benzene rings is 1. The number of anilines is 2. The van der Waals surface area contributed by atoms with Crippen LogP contribution in [0.5, 0.6) is 0 Å². The van der Waals surface area contributed by atoms with Crippen LogP contribution < -0.4 is 10.2 Å². The van der Waals surface area contributed by atoms with E-state index in [4.69, 9.17) is 5.11 Å². The van der Waals surface area contributed by atoms with E-state index in [0.717, 1.165) is 30.0 Å². The summed E-state index contributed by atoms with van der Waals surface area (Å²) >= 11 is 0. The van der Waals surface area contributed by atoms with E-state index < -0.39 is 11.9 Å². The standard InChI is InChI=1S/C18H18N4O3/c23-17(14-8-20-15(9-19-14)18(24)25)21-13-3-1-2-4-16(13)22-10-11-5-6-12(22)7-11/h1-4,8-9,11-12H,5-7,10H2,(H,21,23)(H,24,25). The van der Waals surface area contributed by atoms with Crippen molar-refractivity contribution in [3.63, 3.8) is 0 Å². The van der Waals surface area contributed by atoms with Crippen LogP contribution >= 0.6 is 0 Å². The maximum atomic E-state index is 12.4. The molecule has 2 bridgehead atoms. The summed E-state index contributed by atoms with van der Waals surface area (Å²) in [6, 6.07) is 8.30. The molecule has 7 heteroatoms. The number of hydrogen-bond donors (Lipinski definition) is 2. The molecule has 1 saturated carbocycles. The number of fused-ring (bicyclic) bond motifs is 2. The van der Waals surface area contributed by atoms with Crippen molar-refractivity contribution in [2.45, 2.75) is 25.3 Å². The Morgan fingerprint density at radius 3 is 2.52 bits per heavy atom. The number of aromatic nitrogens is 2. The smallest absolute Gasteiger partial charge is 0.356 e. The van der Waals surface area contributed by atoms with Gasteiger partial charge in [-0.15, -0.1) is 0 Å². The van der Waals surface area contributed by atoms with Crippen LogP contribution in [-0.4, -0.2) is 39.5 Å². The number of carboxylic acid groups (broad SMARTS) is 1. The average molecular weight is 338 g/mol. The van der Waals surface area contributed by atoms with Crippen LogP contribution in [0.1, 0.15) is 40.2 Å². The minimum absolute atomic E-state index is 0.0859. The summed E-state index contributed by atoms with van der Waals surface area (Å²) in [5.74, 6) is -0.821. The molecule has 1 aliphatic heterocycles. The zero-order valence-electron chi connectivity index (χ0n) is 13.6. The molecule has 2 atom stereocenters. The van der Waals surface area contributed by atoms with Gasteiger partial charge in [0.05, 0.1) is 23.8 Å². The number of para-hydroxylation sites is 2. The third kappa shape index (κ3) is 2.93. The van der Waals surface area contributed by atoms with Crippen molar-refractivity contribution in [2.24, 2.45) is 5.92 Å². The number of piperidine rings is 1. The van der Waals surface area contributed by atoms with Gasteiger partial charge in [-0.1, -0.05) is 12.1 Å². The van der Waals surface area contributed by atoms with Crippen LogP contribution in [0.4, 0.5) is 11.4 Å².